The molecule has 1 aliphatic carbocycles. The number of benzene rings is 10. The number of hydrogen-bond acceptors (Lipinski definition) is 2. The summed E-state index contributed by atoms with van der Waals surface area (Å²) < 4.78 is 7.31. The van der Waals surface area contributed by atoms with Gasteiger partial charge in [0.05, 0.1) is 5.69 Å². The van der Waals surface area contributed by atoms with Gasteiger partial charge in [0.25, 0.3) is 0 Å². The summed E-state index contributed by atoms with van der Waals surface area (Å²) in [6, 6.07) is 68.8. The Labute approximate surface area is 330 Å². The highest BCUT2D eigenvalue weighted by molar-refractivity contribution is 6.27. The van der Waals surface area contributed by atoms with E-state index < -0.39 is 0 Å². The van der Waals surface area contributed by atoms with Gasteiger partial charge < -0.3 is 9.32 Å². The Bertz CT molecular complexity index is 3410. The molecular weight excluding hydrogens is 691 g/mol. The standard InChI is InChI=1S/C55H37NO/c1-55(2)49-25-13-12-23-44(49)45-30-28-37(33-50(45)55)56(36-16-4-3-5-17-36)51-26-14-24-46-48-31-34-15-6-7-18-38(34)52(54(48)57-53(46)51)35-27-29-43-41-21-9-8-19-39(41)40-20-10-11-22-42(40)47(43)32-35/h3-33H,1-2H3. The molecule has 0 N–H and O–H groups in total. The molecule has 0 saturated heterocycles. The monoisotopic (exact) mass is 727 g/mol. The average Bonchev–Trinajstić information content (AvgIpc) is 3.75. The third-order valence-electron chi connectivity index (χ3n) is 12.6. The predicted octanol–water partition coefficient (Wildman–Crippen LogP) is 15.6. The second-order valence-electron chi connectivity index (χ2n) is 16.0. The molecule has 10 aromatic carbocycles. The van der Waals surface area contributed by atoms with Gasteiger partial charge in [0.1, 0.15) is 5.58 Å². The van der Waals surface area contributed by atoms with E-state index in [0.717, 1.165) is 50.1 Å². The number of nitrogens with zero attached hydrogens (tertiary/aromatic N) is 1. The largest absolute Gasteiger partial charge is 0.453 e. The predicted molar refractivity (Wildman–Crippen MR) is 241 cm³/mol. The zero-order valence-corrected chi connectivity index (χ0v) is 31.8. The highest BCUT2D eigenvalue weighted by atomic mass is 16.3. The first-order chi connectivity index (χ1) is 28.0. The number of hydrogen-bond donors (Lipinski definition) is 0. The fourth-order valence-corrected chi connectivity index (χ4v) is 9.94. The van der Waals surface area contributed by atoms with E-state index in [9.17, 15) is 0 Å². The Balaban J connectivity index is 1.12. The quantitative estimate of drug-likeness (QED) is 0.168. The number of para-hydroxylation sites is 2. The molecule has 57 heavy (non-hydrogen) atoms. The Kier molecular flexibility index (Phi) is 6.72. The zero-order valence-electron chi connectivity index (χ0n) is 31.8. The molecule has 0 fully saturated rings. The van der Waals surface area contributed by atoms with Gasteiger partial charge in [0, 0.05) is 33.1 Å². The van der Waals surface area contributed by atoms with Crippen LogP contribution in [0.2, 0.25) is 0 Å². The van der Waals surface area contributed by atoms with Crippen molar-refractivity contribution in [1.29, 1.82) is 0 Å². The molecular formula is C55H37NO. The van der Waals surface area contributed by atoms with Crippen LogP contribution in [0.15, 0.2) is 192 Å². The number of furan rings is 1. The summed E-state index contributed by atoms with van der Waals surface area (Å²) in [5, 5.41) is 12.2. The van der Waals surface area contributed by atoms with Crippen molar-refractivity contribution in [2.75, 3.05) is 4.90 Å². The minimum atomic E-state index is -0.123. The third kappa shape index (κ3) is 4.59. The number of fused-ring (bicyclic) bond motifs is 13. The first-order valence-electron chi connectivity index (χ1n) is 19.8. The summed E-state index contributed by atoms with van der Waals surface area (Å²) in [5.41, 5.74) is 12.4. The smallest absolute Gasteiger partial charge is 0.159 e. The summed E-state index contributed by atoms with van der Waals surface area (Å²) >= 11 is 0. The van der Waals surface area contributed by atoms with E-state index in [1.165, 1.54) is 65.3 Å². The van der Waals surface area contributed by atoms with Crippen LogP contribution in [0.5, 0.6) is 0 Å². The molecule has 12 rings (SSSR count). The van der Waals surface area contributed by atoms with Crippen LogP contribution >= 0.6 is 0 Å². The molecule has 0 spiro atoms. The molecule has 0 amide bonds. The van der Waals surface area contributed by atoms with Crippen molar-refractivity contribution < 1.29 is 4.42 Å². The first kappa shape index (κ1) is 32.1. The van der Waals surface area contributed by atoms with Crippen molar-refractivity contribution in [3.63, 3.8) is 0 Å². The van der Waals surface area contributed by atoms with Crippen LogP contribution in [-0.2, 0) is 5.41 Å². The van der Waals surface area contributed by atoms with Gasteiger partial charge in [-0.3, -0.25) is 0 Å². The van der Waals surface area contributed by atoms with E-state index in [2.05, 4.69) is 207 Å². The van der Waals surface area contributed by atoms with Gasteiger partial charge in [-0.15, -0.1) is 0 Å². The molecule has 0 radical (unpaired) electrons. The van der Waals surface area contributed by atoms with E-state index in [4.69, 9.17) is 4.42 Å². The number of anilines is 3. The average molecular weight is 728 g/mol. The summed E-state index contributed by atoms with van der Waals surface area (Å²) in [6.45, 7) is 4.69. The van der Waals surface area contributed by atoms with Crippen LogP contribution in [0.1, 0.15) is 25.0 Å². The number of rotatable bonds is 4. The normalized spacial score (nSPS) is 13.2. The van der Waals surface area contributed by atoms with Gasteiger partial charge in [-0.25, -0.2) is 0 Å². The summed E-state index contributed by atoms with van der Waals surface area (Å²) in [4.78, 5) is 2.37. The fourth-order valence-electron chi connectivity index (χ4n) is 9.94. The molecule has 1 aromatic heterocycles. The van der Waals surface area contributed by atoms with Crippen LogP contribution in [0.4, 0.5) is 17.1 Å². The van der Waals surface area contributed by atoms with Gasteiger partial charge in [-0.1, -0.05) is 159 Å². The molecule has 1 aliphatic rings. The first-order valence-corrected chi connectivity index (χ1v) is 19.8. The van der Waals surface area contributed by atoms with Crippen molar-refractivity contribution in [3.05, 3.63) is 199 Å². The zero-order chi connectivity index (χ0) is 37.8. The molecule has 0 aliphatic heterocycles. The lowest BCUT2D eigenvalue weighted by Gasteiger charge is -2.28. The Morgan fingerprint density at radius 3 is 1.77 bits per heavy atom. The van der Waals surface area contributed by atoms with Gasteiger partial charge in [0.2, 0.25) is 0 Å². The minimum Gasteiger partial charge on any atom is -0.453 e. The van der Waals surface area contributed by atoms with E-state index in [-0.39, 0.29) is 5.41 Å². The molecule has 1 heterocycles. The molecule has 2 nitrogen and oxygen atoms in total. The van der Waals surface area contributed by atoms with Crippen LogP contribution < -0.4 is 4.90 Å². The van der Waals surface area contributed by atoms with E-state index in [0.29, 0.717) is 0 Å². The summed E-state index contributed by atoms with van der Waals surface area (Å²) in [7, 11) is 0. The maximum absolute atomic E-state index is 7.31. The molecule has 268 valence electrons. The lowest BCUT2D eigenvalue weighted by molar-refractivity contribution is 0.660. The molecule has 0 bridgehead atoms. The Morgan fingerprint density at radius 1 is 0.386 bits per heavy atom. The molecule has 0 atom stereocenters. The van der Waals surface area contributed by atoms with Gasteiger partial charge in [-0.05, 0) is 113 Å². The highest BCUT2D eigenvalue weighted by Gasteiger charge is 2.36. The maximum atomic E-state index is 7.31. The van der Waals surface area contributed by atoms with Gasteiger partial charge in [0.15, 0.2) is 5.58 Å². The van der Waals surface area contributed by atoms with Crippen LogP contribution in [0.3, 0.4) is 0 Å². The van der Waals surface area contributed by atoms with Crippen LogP contribution in [-0.4, -0.2) is 0 Å². The Hall–Kier alpha value is -7.16. The van der Waals surface area contributed by atoms with Crippen LogP contribution in [0.25, 0.3) is 87.3 Å². The van der Waals surface area contributed by atoms with E-state index in [1.807, 2.05) is 0 Å². The maximum Gasteiger partial charge on any atom is 0.159 e. The van der Waals surface area contributed by atoms with Gasteiger partial charge in [-0.2, -0.15) is 0 Å². The minimum absolute atomic E-state index is 0.123. The van der Waals surface area contributed by atoms with Crippen molar-refractivity contribution in [1.82, 2.24) is 0 Å². The van der Waals surface area contributed by atoms with Crippen LogP contribution in [0, 0.1) is 0 Å². The van der Waals surface area contributed by atoms with Crippen molar-refractivity contribution in [2.24, 2.45) is 0 Å². The Morgan fingerprint density at radius 2 is 1.00 bits per heavy atom. The molecule has 2 heteroatoms. The lowest BCUT2D eigenvalue weighted by Crippen LogP contribution is -2.16. The topological polar surface area (TPSA) is 16.4 Å². The SMILES string of the molecule is CC1(C)c2ccccc2-c2ccc(N(c3ccccc3)c3cccc4c3oc3c(-c5ccc6c7ccccc7c7ccccc7c6c5)c5ccccc5cc34)cc21. The molecule has 11 aromatic rings. The van der Waals surface area contributed by atoms with Crippen molar-refractivity contribution >= 4 is 82.1 Å². The van der Waals surface area contributed by atoms with Crippen molar-refractivity contribution in [3.8, 4) is 22.3 Å². The van der Waals surface area contributed by atoms with Gasteiger partial charge >= 0.3 is 0 Å². The summed E-state index contributed by atoms with van der Waals surface area (Å²) in [6.07, 6.45) is 0. The fraction of sp³-hybridized carbons (Fsp3) is 0.0545. The highest BCUT2D eigenvalue weighted by Crippen LogP contribution is 2.52. The molecule has 0 unspecified atom stereocenters. The van der Waals surface area contributed by atoms with E-state index in [1.54, 1.807) is 0 Å². The second-order valence-corrected chi connectivity index (χ2v) is 16.0. The van der Waals surface area contributed by atoms with Crippen molar-refractivity contribution in [2.45, 2.75) is 19.3 Å². The second kappa shape index (κ2) is 11.9. The summed E-state index contributed by atoms with van der Waals surface area (Å²) in [5.74, 6) is 0. The third-order valence-corrected chi connectivity index (χ3v) is 12.6. The van der Waals surface area contributed by atoms with E-state index >= 15 is 0 Å². The lowest BCUT2D eigenvalue weighted by atomic mass is 9.82. The molecule has 0 saturated carbocycles.